The van der Waals surface area contributed by atoms with Gasteiger partial charge in [-0.15, -0.1) is 0 Å². The summed E-state index contributed by atoms with van der Waals surface area (Å²) in [7, 11) is 0. The minimum Gasteiger partial charge on any atom is -0.396 e. The summed E-state index contributed by atoms with van der Waals surface area (Å²) >= 11 is 7.36. The second-order valence-electron chi connectivity index (χ2n) is 2.90. The van der Waals surface area contributed by atoms with Crippen LogP contribution in [0.3, 0.4) is 0 Å². The standard InChI is InChI=1S/C8H14ClN5OS/c9-6-12-7(10)14-8(13-6)11-2-5-16-4-1-3-15/h15H,1-5H2,(H3,10,11,12,13,14). The number of rotatable bonds is 7. The molecule has 1 aromatic heterocycles. The molecule has 90 valence electrons. The highest BCUT2D eigenvalue weighted by atomic mass is 35.5. The first-order valence-corrected chi connectivity index (χ1v) is 6.35. The molecule has 0 radical (unpaired) electrons. The van der Waals surface area contributed by atoms with Gasteiger partial charge in [-0.05, 0) is 23.8 Å². The summed E-state index contributed by atoms with van der Waals surface area (Å²) in [4.78, 5) is 11.4. The number of aromatic nitrogens is 3. The third kappa shape index (κ3) is 5.34. The van der Waals surface area contributed by atoms with E-state index in [9.17, 15) is 0 Å². The highest BCUT2D eigenvalue weighted by Crippen LogP contribution is 2.07. The molecule has 0 fully saturated rings. The number of nitrogens with zero attached hydrogens (tertiary/aromatic N) is 3. The van der Waals surface area contributed by atoms with Crippen LogP contribution in [0.2, 0.25) is 5.28 Å². The fourth-order valence-electron chi connectivity index (χ4n) is 0.948. The van der Waals surface area contributed by atoms with Crippen molar-refractivity contribution in [3.8, 4) is 0 Å². The van der Waals surface area contributed by atoms with E-state index in [1.807, 2.05) is 0 Å². The average molecular weight is 264 g/mol. The Balaban J connectivity index is 2.21. The highest BCUT2D eigenvalue weighted by Gasteiger charge is 2.00. The van der Waals surface area contributed by atoms with Crippen LogP contribution in [0.4, 0.5) is 11.9 Å². The first-order valence-electron chi connectivity index (χ1n) is 4.82. The lowest BCUT2D eigenvalue weighted by molar-refractivity contribution is 0.296. The van der Waals surface area contributed by atoms with E-state index in [2.05, 4.69) is 20.3 Å². The smallest absolute Gasteiger partial charge is 0.228 e. The molecule has 0 saturated carbocycles. The van der Waals surface area contributed by atoms with Crippen LogP contribution < -0.4 is 11.1 Å². The van der Waals surface area contributed by atoms with Crippen molar-refractivity contribution in [2.45, 2.75) is 6.42 Å². The van der Waals surface area contributed by atoms with E-state index >= 15 is 0 Å². The Hall–Kier alpha value is -0.790. The summed E-state index contributed by atoms with van der Waals surface area (Å²) < 4.78 is 0. The Morgan fingerprint density at radius 3 is 2.81 bits per heavy atom. The van der Waals surface area contributed by atoms with Gasteiger partial charge >= 0.3 is 0 Å². The average Bonchev–Trinajstić information content (AvgIpc) is 2.22. The normalized spacial score (nSPS) is 10.4. The molecule has 6 nitrogen and oxygen atoms in total. The molecule has 1 aromatic rings. The molecule has 0 aliphatic carbocycles. The van der Waals surface area contributed by atoms with Crippen molar-refractivity contribution in [2.75, 3.05) is 35.7 Å². The Labute approximate surface area is 103 Å². The van der Waals surface area contributed by atoms with Crippen molar-refractivity contribution in [1.29, 1.82) is 0 Å². The number of hydrogen-bond donors (Lipinski definition) is 3. The molecule has 0 aliphatic rings. The fourth-order valence-corrected chi connectivity index (χ4v) is 1.90. The van der Waals surface area contributed by atoms with Crippen molar-refractivity contribution in [3.63, 3.8) is 0 Å². The molecule has 0 aliphatic heterocycles. The van der Waals surface area contributed by atoms with Gasteiger partial charge in [0.1, 0.15) is 0 Å². The van der Waals surface area contributed by atoms with Gasteiger partial charge in [0.2, 0.25) is 17.2 Å². The molecule has 0 unspecified atom stereocenters. The van der Waals surface area contributed by atoms with Gasteiger partial charge in [-0.25, -0.2) is 0 Å². The zero-order valence-corrected chi connectivity index (χ0v) is 10.3. The molecule has 1 heterocycles. The van der Waals surface area contributed by atoms with E-state index in [0.717, 1.165) is 24.5 Å². The zero-order valence-electron chi connectivity index (χ0n) is 8.69. The number of halogens is 1. The summed E-state index contributed by atoms with van der Waals surface area (Å²) in [6.45, 7) is 0.954. The van der Waals surface area contributed by atoms with E-state index in [1.54, 1.807) is 11.8 Å². The van der Waals surface area contributed by atoms with Crippen LogP contribution in [0.25, 0.3) is 0 Å². The maximum atomic E-state index is 8.58. The molecule has 4 N–H and O–H groups in total. The minimum atomic E-state index is 0.0860. The van der Waals surface area contributed by atoms with E-state index < -0.39 is 0 Å². The molecule has 0 saturated heterocycles. The van der Waals surface area contributed by atoms with Gasteiger partial charge in [0.25, 0.3) is 0 Å². The maximum absolute atomic E-state index is 8.58. The van der Waals surface area contributed by atoms with Crippen molar-refractivity contribution in [1.82, 2.24) is 15.0 Å². The molecule has 0 amide bonds. The highest BCUT2D eigenvalue weighted by molar-refractivity contribution is 7.99. The van der Waals surface area contributed by atoms with Crippen LogP contribution in [0.15, 0.2) is 0 Å². The quantitative estimate of drug-likeness (QED) is 0.621. The van der Waals surface area contributed by atoms with E-state index in [0.29, 0.717) is 5.95 Å². The largest absolute Gasteiger partial charge is 0.396 e. The first kappa shape index (κ1) is 13.3. The van der Waals surface area contributed by atoms with Crippen molar-refractivity contribution in [3.05, 3.63) is 5.28 Å². The van der Waals surface area contributed by atoms with Gasteiger partial charge in [-0.2, -0.15) is 26.7 Å². The molecular formula is C8H14ClN5OS. The first-order chi connectivity index (χ1) is 7.72. The van der Waals surface area contributed by atoms with E-state index in [1.165, 1.54) is 0 Å². The van der Waals surface area contributed by atoms with Gasteiger partial charge in [0, 0.05) is 18.9 Å². The van der Waals surface area contributed by atoms with Gasteiger partial charge in [-0.3, -0.25) is 0 Å². The van der Waals surface area contributed by atoms with Crippen LogP contribution in [0.5, 0.6) is 0 Å². The van der Waals surface area contributed by atoms with Crippen LogP contribution >= 0.6 is 23.4 Å². The minimum absolute atomic E-state index is 0.0860. The number of aliphatic hydroxyl groups excluding tert-OH is 1. The summed E-state index contributed by atoms with van der Waals surface area (Å²) in [5.41, 5.74) is 5.41. The number of aliphatic hydroxyl groups is 1. The third-order valence-electron chi connectivity index (χ3n) is 1.60. The summed E-state index contributed by atoms with van der Waals surface area (Å²) in [6.07, 6.45) is 0.815. The molecule has 0 bridgehead atoms. The van der Waals surface area contributed by atoms with Crippen molar-refractivity contribution < 1.29 is 5.11 Å². The molecule has 8 heteroatoms. The van der Waals surface area contributed by atoms with Crippen LogP contribution in [0, 0.1) is 0 Å². The number of nitrogens with two attached hydrogens (primary N) is 1. The predicted molar refractivity (Wildman–Crippen MR) is 66.8 cm³/mol. The monoisotopic (exact) mass is 263 g/mol. The lowest BCUT2D eigenvalue weighted by Gasteiger charge is -2.04. The summed E-state index contributed by atoms with van der Waals surface area (Å²) in [6, 6.07) is 0. The van der Waals surface area contributed by atoms with Gasteiger partial charge < -0.3 is 16.2 Å². The van der Waals surface area contributed by atoms with Crippen LogP contribution in [-0.4, -0.2) is 44.7 Å². The topological polar surface area (TPSA) is 97.0 Å². The van der Waals surface area contributed by atoms with Crippen LogP contribution in [0.1, 0.15) is 6.42 Å². The second-order valence-corrected chi connectivity index (χ2v) is 4.47. The molecular weight excluding hydrogens is 250 g/mol. The number of nitrogen functional groups attached to an aromatic ring is 1. The zero-order chi connectivity index (χ0) is 11.8. The van der Waals surface area contributed by atoms with E-state index in [-0.39, 0.29) is 17.8 Å². The predicted octanol–water partition coefficient (Wildman–Crippen LogP) is 0.635. The summed E-state index contributed by atoms with van der Waals surface area (Å²) in [5.74, 6) is 2.34. The Bertz CT molecular complexity index is 307. The molecule has 0 aromatic carbocycles. The van der Waals surface area contributed by atoms with Gasteiger partial charge in [0.15, 0.2) is 0 Å². The number of thioether (sulfide) groups is 1. The Morgan fingerprint density at radius 2 is 2.12 bits per heavy atom. The SMILES string of the molecule is Nc1nc(Cl)nc(NCCSCCCO)n1. The maximum Gasteiger partial charge on any atom is 0.228 e. The molecule has 16 heavy (non-hydrogen) atoms. The van der Waals surface area contributed by atoms with E-state index in [4.69, 9.17) is 22.4 Å². The Kier molecular flexibility index (Phi) is 6.20. The van der Waals surface area contributed by atoms with Crippen molar-refractivity contribution in [2.24, 2.45) is 0 Å². The summed E-state index contributed by atoms with van der Waals surface area (Å²) in [5, 5.41) is 11.7. The molecule has 0 spiro atoms. The number of hydrogen-bond acceptors (Lipinski definition) is 7. The van der Waals surface area contributed by atoms with Gasteiger partial charge in [0.05, 0.1) is 0 Å². The lowest BCUT2D eigenvalue weighted by atomic mass is 10.5. The van der Waals surface area contributed by atoms with Gasteiger partial charge in [-0.1, -0.05) is 0 Å². The Morgan fingerprint density at radius 1 is 1.31 bits per heavy atom. The van der Waals surface area contributed by atoms with Crippen LogP contribution in [-0.2, 0) is 0 Å². The van der Waals surface area contributed by atoms with Crippen molar-refractivity contribution >= 4 is 35.3 Å². The number of nitrogens with one attached hydrogen (secondary N) is 1. The molecule has 1 rings (SSSR count). The third-order valence-corrected chi connectivity index (χ3v) is 2.84. The lowest BCUT2D eigenvalue weighted by Crippen LogP contribution is -2.10. The second kappa shape index (κ2) is 7.48. The number of anilines is 2. The fraction of sp³-hybridized carbons (Fsp3) is 0.625. The molecule has 0 atom stereocenters.